The zero-order valence-corrected chi connectivity index (χ0v) is 18.8. The summed E-state index contributed by atoms with van der Waals surface area (Å²) in [6.45, 7) is -0.614. The molecule has 0 saturated heterocycles. The molecule has 0 atom stereocenters. The Kier molecular flexibility index (Phi) is 6.09. The molecule has 2 aromatic heterocycles. The van der Waals surface area contributed by atoms with E-state index in [2.05, 4.69) is 30.9 Å². The molecule has 4 rings (SSSR count). The number of carbonyl (C=O) groups is 1. The van der Waals surface area contributed by atoms with Crippen molar-refractivity contribution < 1.29 is 17.6 Å². The molecular formula is C21H22FN7O3S. The summed E-state index contributed by atoms with van der Waals surface area (Å²) in [5.74, 6) is 0.716. The molecule has 0 saturated carbocycles. The molecule has 10 nitrogen and oxygen atoms in total. The van der Waals surface area contributed by atoms with E-state index in [4.69, 9.17) is 0 Å². The number of hydrogen-bond acceptors (Lipinski definition) is 8. The predicted molar refractivity (Wildman–Crippen MR) is 124 cm³/mol. The number of rotatable bonds is 8. The largest absolute Gasteiger partial charge is 0.365 e. The number of amides is 1. The number of anilines is 5. The molecule has 33 heavy (non-hydrogen) atoms. The zero-order valence-electron chi connectivity index (χ0n) is 18.0. The fourth-order valence-electron chi connectivity index (χ4n) is 3.34. The molecule has 0 aliphatic carbocycles. The van der Waals surface area contributed by atoms with Crippen LogP contribution in [0.5, 0.6) is 0 Å². The lowest BCUT2D eigenvalue weighted by atomic mass is 10.1. The van der Waals surface area contributed by atoms with Crippen LogP contribution in [-0.2, 0) is 34.5 Å². The van der Waals surface area contributed by atoms with Gasteiger partial charge in [0.2, 0.25) is 21.9 Å². The van der Waals surface area contributed by atoms with Gasteiger partial charge in [-0.15, -0.1) is 0 Å². The van der Waals surface area contributed by atoms with Crippen LogP contribution in [0.1, 0.15) is 16.7 Å². The summed E-state index contributed by atoms with van der Waals surface area (Å²) in [6, 6.07) is 8.82. The molecular weight excluding hydrogens is 449 g/mol. The Labute approximate surface area is 190 Å². The summed E-state index contributed by atoms with van der Waals surface area (Å²) in [6.07, 6.45) is 4.27. The van der Waals surface area contributed by atoms with E-state index in [1.54, 1.807) is 24.3 Å². The number of aromatic nitrogens is 3. The lowest BCUT2D eigenvalue weighted by Crippen LogP contribution is -2.27. The van der Waals surface area contributed by atoms with E-state index in [0.717, 1.165) is 21.8 Å². The summed E-state index contributed by atoms with van der Waals surface area (Å²) in [5, 5.41) is 8.89. The van der Waals surface area contributed by atoms with E-state index in [0.29, 0.717) is 17.7 Å². The van der Waals surface area contributed by atoms with Gasteiger partial charge in [0.15, 0.2) is 0 Å². The molecule has 0 radical (unpaired) electrons. The number of benzene rings is 1. The molecule has 0 unspecified atom stereocenters. The van der Waals surface area contributed by atoms with Crippen molar-refractivity contribution in [3.05, 3.63) is 59.4 Å². The second-order valence-corrected chi connectivity index (χ2v) is 9.51. The van der Waals surface area contributed by atoms with Crippen molar-refractivity contribution >= 4 is 44.9 Å². The zero-order chi connectivity index (χ0) is 23.6. The number of halogens is 1. The van der Waals surface area contributed by atoms with Crippen molar-refractivity contribution in [1.82, 2.24) is 15.0 Å². The molecule has 1 aromatic carbocycles. The maximum absolute atomic E-state index is 13.5. The van der Waals surface area contributed by atoms with Gasteiger partial charge < -0.3 is 16.0 Å². The number of sulfonamides is 1. The van der Waals surface area contributed by atoms with E-state index in [-0.39, 0.29) is 35.6 Å². The highest BCUT2D eigenvalue weighted by Crippen LogP contribution is 2.28. The molecule has 3 aromatic rings. The van der Waals surface area contributed by atoms with Gasteiger partial charge in [-0.25, -0.2) is 22.8 Å². The van der Waals surface area contributed by atoms with Crippen LogP contribution in [0.3, 0.4) is 0 Å². The molecule has 3 heterocycles. The number of nitrogens with one attached hydrogen (secondary N) is 3. The molecule has 0 bridgehead atoms. The van der Waals surface area contributed by atoms with Gasteiger partial charge in [-0.2, -0.15) is 4.98 Å². The fraction of sp³-hybridized carbons (Fsp3) is 0.238. The summed E-state index contributed by atoms with van der Waals surface area (Å²) >= 11 is 0. The van der Waals surface area contributed by atoms with Gasteiger partial charge in [0.1, 0.15) is 18.3 Å². The van der Waals surface area contributed by atoms with Crippen LogP contribution in [0, 0.1) is 0 Å². The van der Waals surface area contributed by atoms with Gasteiger partial charge in [0.25, 0.3) is 0 Å². The third kappa shape index (κ3) is 5.00. The normalized spacial score (nSPS) is 12.8. The van der Waals surface area contributed by atoms with E-state index in [1.165, 1.54) is 19.4 Å². The van der Waals surface area contributed by atoms with Gasteiger partial charge in [0.05, 0.1) is 12.7 Å². The molecule has 1 aliphatic heterocycles. The Morgan fingerprint density at radius 3 is 2.79 bits per heavy atom. The highest BCUT2D eigenvalue weighted by molar-refractivity contribution is 7.92. The van der Waals surface area contributed by atoms with Crippen LogP contribution in [0.15, 0.2) is 42.7 Å². The van der Waals surface area contributed by atoms with Crippen LogP contribution in [0.2, 0.25) is 0 Å². The summed E-state index contributed by atoms with van der Waals surface area (Å²) in [4.78, 5) is 24.3. The molecule has 0 spiro atoms. The lowest BCUT2D eigenvalue weighted by Gasteiger charge is -2.19. The average Bonchev–Trinajstić information content (AvgIpc) is 3.16. The maximum atomic E-state index is 13.5. The lowest BCUT2D eigenvalue weighted by molar-refractivity contribution is -0.115. The smallest absolute Gasteiger partial charge is 0.233 e. The Morgan fingerprint density at radius 1 is 1.21 bits per heavy atom. The van der Waals surface area contributed by atoms with E-state index >= 15 is 0 Å². The first-order chi connectivity index (χ1) is 15.7. The second kappa shape index (κ2) is 8.98. The van der Waals surface area contributed by atoms with Crippen molar-refractivity contribution in [2.24, 2.45) is 0 Å². The summed E-state index contributed by atoms with van der Waals surface area (Å²) < 4.78 is 38.5. The van der Waals surface area contributed by atoms with Crippen LogP contribution < -0.4 is 20.3 Å². The first-order valence-corrected chi connectivity index (χ1v) is 11.8. The van der Waals surface area contributed by atoms with Gasteiger partial charge in [-0.05, 0) is 29.8 Å². The van der Waals surface area contributed by atoms with Crippen molar-refractivity contribution in [2.75, 3.05) is 33.6 Å². The maximum Gasteiger partial charge on any atom is 0.233 e. The minimum Gasteiger partial charge on any atom is -0.365 e. The van der Waals surface area contributed by atoms with Crippen LogP contribution >= 0.6 is 0 Å². The molecule has 1 aliphatic rings. The van der Waals surface area contributed by atoms with Gasteiger partial charge in [-0.3, -0.25) is 9.10 Å². The van der Waals surface area contributed by atoms with E-state index in [9.17, 15) is 17.6 Å². The summed E-state index contributed by atoms with van der Waals surface area (Å²) in [5.41, 5.74) is 3.18. The van der Waals surface area contributed by atoms with Crippen LogP contribution in [-0.4, -0.2) is 42.6 Å². The number of fused-ring (bicyclic) bond motifs is 1. The Balaban J connectivity index is 1.54. The third-order valence-electron chi connectivity index (χ3n) is 5.10. The quantitative estimate of drug-likeness (QED) is 0.457. The number of alkyl halides is 1. The standard InChI is InChI=1S/C21H22FN7O3S/c1-29(33(2,31)32)20-13(4-3-7-23-20)11-24-19-15(10-22)12-25-21(28-19)26-16-5-6-17-14(8-16)9-18(30)27-17/h3-8,12H,9-11H2,1-2H3,(H,27,30)(H2,24,25,26,28). The fourth-order valence-corrected chi connectivity index (χ4v) is 3.82. The SMILES string of the molecule is CN(c1ncccc1CNc1nc(Nc2ccc3c(c2)CC(=O)N3)ncc1CF)S(C)(=O)=O. The molecule has 0 fully saturated rings. The first-order valence-electron chi connectivity index (χ1n) is 9.98. The highest BCUT2D eigenvalue weighted by atomic mass is 32.2. The predicted octanol–water partition coefficient (Wildman–Crippen LogP) is 2.59. The topological polar surface area (TPSA) is 129 Å². The first kappa shape index (κ1) is 22.4. The van der Waals surface area contributed by atoms with E-state index in [1.807, 2.05) is 6.07 Å². The third-order valence-corrected chi connectivity index (χ3v) is 6.27. The van der Waals surface area contributed by atoms with Crippen LogP contribution in [0.25, 0.3) is 0 Å². The average molecular weight is 472 g/mol. The molecule has 12 heteroatoms. The van der Waals surface area contributed by atoms with Crippen LogP contribution in [0.4, 0.5) is 33.3 Å². The number of pyridine rings is 1. The van der Waals surface area contributed by atoms with Crippen molar-refractivity contribution in [3.8, 4) is 0 Å². The van der Waals surface area contributed by atoms with Gasteiger partial charge in [0, 0.05) is 48.5 Å². The van der Waals surface area contributed by atoms with Crippen molar-refractivity contribution in [3.63, 3.8) is 0 Å². The minimum atomic E-state index is -3.50. The van der Waals surface area contributed by atoms with Crippen molar-refractivity contribution in [1.29, 1.82) is 0 Å². The van der Waals surface area contributed by atoms with E-state index < -0.39 is 16.7 Å². The van der Waals surface area contributed by atoms with Gasteiger partial charge in [-0.1, -0.05) is 6.07 Å². The highest BCUT2D eigenvalue weighted by Gasteiger charge is 2.19. The summed E-state index contributed by atoms with van der Waals surface area (Å²) in [7, 11) is -2.08. The van der Waals surface area contributed by atoms with Crippen molar-refractivity contribution in [2.45, 2.75) is 19.6 Å². The minimum absolute atomic E-state index is 0.0616. The number of hydrogen-bond donors (Lipinski definition) is 3. The Bertz CT molecular complexity index is 1320. The molecule has 1 amide bonds. The number of carbonyl (C=O) groups excluding carboxylic acids is 1. The second-order valence-electron chi connectivity index (χ2n) is 7.49. The number of nitrogens with zero attached hydrogens (tertiary/aromatic N) is 4. The Hall–Kier alpha value is -3.80. The monoisotopic (exact) mass is 471 g/mol. The van der Waals surface area contributed by atoms with Gasteiger partial charge >= 0.3 is 0 Å². The Morgan fingerprint density at radius 2 is 2.03 bits per heavy atom. The molecule has 172 valence electrons. The molecule has 3 N–H and O–H groups in total.